The molecule has 1 aliphatic carbocycles. The molecule has 8 heteroatoms. The van der Waals surface area contributed by atoms with Gasteiger partial charge in [-0.15, -0.1) is 0 Å². The van der Waals surface area contributed by atoms with Crippen LogP contribution in [0.15, 0.2) is 18.2 Å². The van der Waals surface area contributed by atoms with Crippen molar-refractivity contribution >= 4 is 29.4 Å². The molecule has 2 aliphatic rings. The molecule has 6 nitrogen and oxygen atoms in total. The van der Waals surface area contributed by atoms with Gasteiger partial charge in [0, 0.05) is 32.1 Å². The van der Waals surface area contributed by atoms with E-state index < -0.39 is 11.8 Å². The highest BCUT2D eigenvalue weighted by molar-refractivity contribution is 6.33. The molecule has 0 atom stereocenters. The van der Waals surface area contributed by atoms with Crippen molar-refractivity contribution in [2.24, 2.45) is 11.8 Å². The molecule has 1 N–H and O–H groups in total. The van der Waals surface area contributed by atoms with Crippen LogP contribution in [-0.4, -0.2) is 58.9 Å². The maximum atomic E-state index is 13.2. The van der Waals surface area contributed by atoms with Crippen LogP contribution in [0.4, 0.5) is 4.39 Å². The van der Waals surface area contributed by atoms with Gasteiger partial charge in [0.25, 0.3) is 5.91 Å². The average Bonchev–Trinajstić information content (AvgIpc) is 2.67. The van der Waals surface area contributed by atoms with E-state index >= 15 is 0 Å². The van der Waals surface area contributed by atoms with Gasteiger partial charge in [0.15, 0.2) is 0 Å². The van der Waals surface area contributed by atoms with E-state index in [-0.39, 0.29) is 34.2 Å². The molecule has 1 heterocycles. The van der Waals surface area contributed by atoms with E-state index in [1.807, 2.05) is 0 Å². The van der Waals surface area contributed by atoms with Gasteiger partial charge in [-0.05, 0) is 43.9 Å². The first-order valence-corrected chi connectivity index (χ1v) is 9.50. The van der Waals surface area contributed by atoms with Crippen molar-refractivity contribution in [3.05, 3.63) is 34.6 Å². The summed E-state index contributed by atoms with van der Waals surface area (Å²) in [6.07, 6.45) is 2.26. The summed E-state index contributed by atoms with van der Waals surface area (Å²) >= 11 is 5.96. The van der Waals surface area contributed by atoms with E-state index in [1.165, 1.54) is 12.1 Å². The number of piperazine rings is 1. The maximum Gasteiger partial charge on any atom is 0.306 e. The van der Waals surface area contributed by atoms with E-state index in [4.69, 9.17) is 16.7 Å². The number of amides is 2. The molecule has 0 spiro atoms. The number of carboxylic acids is 1. The Morgan fingerprint density at radius 1 is 0.963 bits per heavy atom. The predicted molar refractivity (Wildman–Crippen MR) is 97.0 cm³/mol. The molecule has 1 aromatic rings. The zero-order valence-electron chi connectivity index (χ0n) is 14.9. The molecule has 0 radical (unpaired) electrons. The first kappa shape index (κ1) is 19.6. The zero-order valence-corrected chi connectivity index (χ0v) is 15.6. The van der Waals surface area contributed by atoms with Crippen molar-refractivity contribution in [2.45, 2.75) is 25.7 Å². The zero-order chi connectivity index (χ0) is 19.6. The lowest BCUT2D eigenvalue weighted by atomic mass is 9.81. The van der Waals surface area contributed by atoms with Crippen LogP contribution < -0.4 is 0 Å². The Morgan fingerprint density at radius 2 is 1.52 bits per heavy atom. The van der Waals surface area contributed by atoms with Crippen LogP contribution in [-0.2, 0) is 9.59 Å². The summed E-state index contributed by atoms with van der Waals surface area (Å²) in [7, 11) is 0. The molecule has 0 aromatic heterocycles. The molecule has 1 aliphatic heterocycles. The third-order valence-electron chi connectivity index (χ3n) is 5.47. The third-order valence-corrected chi connectivity index (χ3v) is 5.78. The van der Waals surface area contributed by atoms with E-state index in [0.717, 1.165) is 6.07 Å². The summed E-state index contributed by atoms with van der Waals surface area (Å²) in [5, 5.41) is 9.14. The van der Waals surface area contributed by atoms with Gasteiger partial charge in [0.2, 0.25) is 5.91 Å². The Labute approximate surface area is 161 Å². The quantitative estimate of drug-likeness (QED) is 0.852. The number of hydrogen-bond acceptors (Lipinski definition) is 3. The second-order valence-electron chi connectivity index (χ2n) is 7.13. The summed E-state index contributed by atoms with van der Waals surface area (Å²) in [4.78, 5) is 39.6. The van der Waals surface area contributed by atoms with Gasteiger partial charge < -0.3 is 14.9 Å². The largest absolute Gasteiger partial charge is 0.481 e. The Morgan fingerprint density at radius 3 is 2.07 bits per heavy atom. The molecule has 0 unspecified atom stereocenters. The number of nitrogens with zero attached hydrogens (tertiary/aromatic N) is 2. The smallest absolute Gasteiger partial charge is 0.306 e. The van der Waals surface area contributed by atoms with Gasteiger partial charge in [-0.25, -0.2) is 4.39 Å². The minimum atomic E-state index is -0.785. The fourth-order valence-electron chi connectivity index (χ4n) is 3.81. The minimum Gasteiger partial charge on any atom is -0.481 e. The van der Waals surface area contributed by atoms with Crippen molar-refractivity contribution < 1.29 is 23.9 Å². The molecule has 2 fully saturated rings. The lowest BCUT2D eigenvalue weighted by molar-refractivity contribution is -0.146. The predicted octanol–water partition coefficient (Wildman–Crippen LogP) is 2.65. The van der Waals surface area contributed by atoms with Gasteiger partial charge in [0.1, 0.15) is 5.82 Å². The third kappa shape index (κ3) is 4.40. The van der Waals surface area contributed by atoms with E-state index in [2.05, 4.69) is 0 Å². The first-order valence-electron chi connectivity index (χ1n) is 9.12. The van der Waals surface area contributed by atoms with Gasteiger partial charge >= 0.3 is 5.97 Å². The SMILES string of the molecule is O=C(O)C1CCC(C(=O)N2CCN(C(=O)c3ccc(F)cc3Cl)CC2)CC1. The van der Waals surface area contributed by atoms with Crippen LogP contribution in [0.3, 0.4) is 0 Å². The Kier molecular flexibility index (Phi) is 5.99. The number of rotatable bonds is 3. The Bertz CT molecular complexity index is 741. The number of benzene rings is 1. The van der Waals surface area contributed by atoms with Gasteiger partial charge in [0.05, 0.1) is 16.5 Å². The number of halogens is 2. The summed E-state index contributed by atoms with van der Waals surface area (Å²) in [6.45, 7) is 1.65. The Hall–Kier alpha value is -2.15. The van der Waals surface area contributed by atoms with Crippen molar-refractivity contribution in [3.8, 4) is 0 Å². The van der Waals surface area contributed by atoms with Gasteiger partial charge in [-0.3, -0.25) is 14.4 Å². The van der Waals surface area contributed by atoms with E-state index in [9.17, 15) is 18.8 Å². The molecule has 2 amide bonds. The molecule has 0 bridgehead atoms. The van der Waals surface area contributed by atoms with Crippen molar-refractivity contribution in [3.63, 3.8) is 0 Å². The second kappa shape index (κ2) is 8.25. The standard InChI is InChI=1S/C19H22ClFN2O4/c20-16-11-14(21)5-6-15(16)18(25)23-9-7-22(8-10-23)17(24)12-1-3-13(4-2-12)19(26)27/h5-6,11-13H,1-4,7-10H2,(H,26,27). The van der Waals surface area contributed by atoms with E-state index in [1.54, 1.807) is 9.80 Å². The maximum absolute atomic E-state index is 13.2. The number of carboxylic acid groups (broad SMARTS) is 1. The molecule has 1 aromatic carbocycles. The van der Waals surface area contributed by atoms with Crippen molar-refractivity contribution in [2.75, 3.05) is 26.2 Å². The Balaban J connectivity index is 1.53. The number of carbonyl (C=O) groups excluding carboxylic acids is 2. The van der Waals surface area contributed by atoms with Crippen LogP contribution in [0.1, 0.15) is 36.0 Å². The van der Waals surface area contributed by atoms with Crippen LogP contribution in [0, 0.1) is 17.7 Å². The lowest BCUT2D eigenvalue weighted by Gasteiger charge is -2.37. The molecular weight excluding hydrogens is 375 g/mol. The topological polar surface area (TPSA) is 77.9 Å². The molecule has 27 heavy (non-hydrogen) atoms. The summed E-state index contributed by atoms with van der Waals surface area (Å²) in [5.41, 5.74) is 0.254. The minimum absolute atomic E-state index is 0.0470. The molecular formula is C19H22ClFN2O4. The van der Waals surface area contributed by atoms with Crippen LogP contribution in [0.25, 0.3) is 0 Å². The lowest BCUT2D eigenvalue weighted by Crippen LogP contribution is -2.52. The number of aliphatic carboxylic acids is 1. The molecule has 3 rings (SSSR count). The highest BCUT2D eigenvalue weighted by Crippen LogP contribution is 2.30. The highest BCUT2D eigenvalue weighted by Gasteiger charge is 2.34. The number of hydrogen-bond donors (Lipinski definition) is 1. The summed E-state index contributed by atoms with van der Waals surface area (Å²) in [5.74, 6) is -1.98. The second-order valence-corrected chi connectivity index (χ2v) is 7.54. The molecule has 1 saturated carbocycles. The van der Waals surface area contributed by atoms with Gasteiger partial charge in [-0.2, -0.15) is 0 Å². The number of carbonyl (C=O) groups is 3. The summed E-state index contributed by atoms with van der Waals surface area (Å²) < 4.78 is 13.2. The normalized spacial score (nSPS) is 23.2. The first-order chi connectivity index (χ1) is 12.9. The molecule has 146 valence electrons. The molecule has 1 saturated heterocycles. The van der Waals surface area contributed by atoms with Gasteiger partial charge in [-0.1, -0.05) is 11.6 Å². The van der Waals surface area contributed by atoms with Crippen molar-refractivity contribution in [1.29, 1.82) is 0 Å². The average molecular weight is 397 g/mol. The van der Waals surface area contributed by atoms with Crippen LogP contribution in [0.2, 0.25) is 5.02 Å². The highest BCUT2D eigenvalue weighted by atomic mass is 35.5. The van der Waals surface area contributed by atoms with Crippen LogP contribution in [0.5, 0.6) is 0 Å². The van der Waals surface area contributed by atoms with Crippen molar-refractivity contribution in [1.82, 2.24) is 9.80 Å². The van der Waals surface area contributed by atoms with E-state index in [0.29, 0.717) is 51.9 Å². The fraction of sp³-hybridized carbons (Fsp3) is 0.526. The summed E-state index contributed by atoms with van der Waals surface area (Å²) in [6, 6.07) is 3.69. The monoisotopic (exact) mass is 396 g/mol. The fourth-order valence-corrected chi connectivity index (χ4v) is 4.06. The van der Waals surface area contributed by atoms with Crippen LogP contribution >= 0.6 is 11.6 Å².